The van der Waals surface area contributed by atoms with Gasteiger partial charge in [0.15, 0.2) is 6.10 Å². The van der Waals surface area contributed by atoms with E-state index in [1.165, 1.54) is 13.1 Å². The molecule has 1 amide bonds. The number of aryl methyl sites for hydroxylation is 3. The Hall–Kier alpha value is -2.64. The SMILES string of the molecule is Cc1nn(C)c(C)c1NC(=O)C(C)OC(=O)c1cnn(C)c1C. The zero-order chi connectivity index (χ0) is 17.3. The van der Waals surface area contributed by atoms with Crippen molar-refractivity contribution >= 4 is 17.6 Å². The highest BCUT2D eigenvalue weighted by Gasteiger charge is 2.23. The third-order valence-electron chi connectivity index (χ3n) is 3.87. The lowest BCUT2D eigenvalue weighted by Gasteiger charge is -2.13. The molecule has 23 heavy (non-hydrogen) atoms. The van der Waals surface area contributed by atoms with E-state index in [0.717, 1.165) is 5.69 Å². The number of hydrogen-bond donors (Lipinski definition) is 1. The number of carbonyl (C=O) groups excluding carboxylic acids is 2. The molecular weight excluding hydrogens is 298 g/mol. The highest BCUT2D eigenvalue weighted by molar-refractivity contribution is 5.98. The van der Waals surface area contributed by atoms with Gasteiger partial charge >= 0.3 is 5.97 Å². The zero-order valence-electron chi connectivity index (χ0n) is 14.2. The van der Waals surface area contributed by atoms with Crippen molar-refractivity contribution in [2.24, 2.45) is 14.1 Å². The maximum absolute atomic E-state index is 12.2. The van der Waals surface area contributed by atoms with Crippen molar-refractivity contribution in [3.63, 3.8) is 0 Å². The molecule has 0 bridgehead atoms. The predicted molar refractivity (Wildman–Crippen MR) is 84.1 cm³/mol. The second kappa shape index (κ2) is 6.23. The smallest absolute Gasteiger partial charge is 0.342 e. The van der Waals surface area contributed by atoms with Crippen LogP contribution in [0.2, 0.25) is 0 Å². The Labute approximate surface area is 134 Å². The Kier molecular flexibility index (Phi) is 4.53. The van der Waals surface area contributed by atoms with Crippen LogP contribution >= 0.6 is 0 Å². The van der Waals surface area contributed by atoms with E-state index in [2.05, 4.69) is 15.5 Å². The molecule has 1 unspecified atom stereocenters. The molecule has 0 aromatic carbocycles. The number of nitrogens with zero attached hydrogens (tertiary/aromatic N) is 4. The van der Waals surface area contributed by atoms with Gasteiger partial charge in [0.05, 0.1) is 23.3 Å². The van der Waals surface area contributed by atoms with Crippen LogP contribution in [0.15, 0.2) is 6.20 Å². The van der Waals surface area contributed by atoms with Gasteiger partial charge in [-0.2, -0.15) is 10.2 Å². The lowest BCUT2D eigenvalue weighted by Crippen LogP contribution is -2.30. The number of amides is 1. The first-order chi connectivity index (χ1) is 10.7. The van der Waals surface area contributed by atoms with E-state index < -0.39 is 18.0 Å². The van der Waals surface area contributed by atoms with Crippen LogP contribution in [0.1, 0.15) is 34.4 Å². The quantitative estimate of drug-likeness (QED) is 0.857. The summed E-state index contributed by atoms with van der Waals surface area (Å²) in [4.78, 5) is 24.3. The molecule has 0 aliphatic heterocycles. The maximum atomic E-state index is 12.2. The van der Waals surface area contributed by atoms with Crippen molar-refractivity contribution in [3.8, 4) is 0 Å². The van der Waals surface area contributed by atoms with Crippen LogP contribution in [0.5, 0.6) is 0 Å². The molecule has 2 heterocycles. The fourth-order valence-corrected chi connectivity index (χ4v) is 2.16. The van der Waals surface area contributed by atoms with E-state index in [0.29, 0.717) is 22.6 Å². The van der Waals surface area contributed by atoms with Gasteiger partial charge in [0.2, 0.25) is 0 Å². The van der Waals surface area contributed by atoms with Crippen LogP contribution < -0.4 is 5.32 Å². The fraction of sp³-hybridized carbons (Fsp3) is 0.467. The van der Waals surface area contributed by atoms with Crippen molar-refractivity contribution in [1.82, 2.24) is 19.6 Å². The fourth-order valence-electron chi connectivity index (χ4n) is 2.16. The van der Waals surface area contributed by atoms with Gasteiger partial charge < -0.3 is 10.1 Å². The van der Waals surface area contributed by atoms with Crippen LogP contribution in [0.4, 0.5) is 5.69 Å². The first kappa shape index (κ1) is 16.7. The molecule has 8 nitrogen and oxygen atoms in total. The average Bonchev–Trinajstić information content (AvgIpc) is 2.93. The zero-order valence-corrected chi connectivity index (χ0v) is 14.2. The third-order valence-corrected chi connectivity index (χ3v) is 3.87. The minimum absolute atomic E-state index is 0.348. The minimum Gasteiger partial charge on any atom is -0.449 e. The highest BCUT2D eigenvalue weighted by atomic mass is 16.5. The van der Waals surface area contributed by atoms with Gasteiger partial charge in [0.25, 0.3) is 5.91 Å². The number of anilines is 1. The van der Waals surface area contributed by atoms with E-state index in [4.69, 9.17) is 4.74 Å². The monoisotopic (exact) mass is 319 g/mol. The van der Waals surface area contributed by atoms with E-state index in [1.807, 2.05) is 6.92 Å². The van der Waals surface area contributed by atoms with Gasteiger partial charge in [-0.25, -0.2) is 4.79 Å². The van der Waals surface area contributed by atoms with Crippen molar-refractivity contribution in [1.29, 1.82) is 0 Å². The Bertz CT molecular complexity index is 759. The number of hydrogen-bond acceptors (Lipinski definition) is 5. The summed E-state index contributed by atoms with van der Waals surface area (Å²) in [6.07, 6.45) is 0.499. The molecule has 0 saturated heterocycles. The topological polar surface area (TPSA) is 91.0 Å². The van der Waals surface area contributed by atoms with E-state index in [-0.39, 0.29) is 0 Å². The molecule has 2 aromatic heterocycles. The molecular formula is C15H21N5O3. The Morgan fingerprint density at radius 2 is 1.83 bits per heavy atom. The summed E-state index contributed by atoms with van der Waals surface area (Å²) in [5.41, 5.74) is 3.21. The lowest BCUT2D eigenvalue weighted by molar-refractivity contribution is -0.123. The Morgan fingerprint density at radius 3 is 2.30 bits per heavy atom. The summed E-state index contributed by atoms with van der Waals surface area (Å²) < 4.78 is 8.47. The van der Waals surface area contributed by atoms with Crippen LogP contribution in [-0.4, -0.2) is 37.5 Å². The average molecular weight is 319 g/mol. The molecule has 1 N–H and O–H groups in total. The minimum atomic E-state index is -0.930. The number of ether oxygens (including phenoxy) is 1. The van der Waals surface area contributed by atoms with Gasteiger partial charge in [-0.05, 0) is 27.7 Å². The first-order valence-electron chi connectivity index (χ1n) is 7.23. The summed E-state index contributed by atoms with van der Waals surface area (Å²) in [7, 11) is 3.53. The molecule has 0 aliphatic carbocycles. The molecule has 0 radical (unpaired) electrons. The van der Waals surface area contributed by atoms with Gasteiger partial charge in [-0.3, -0.25) is 14.2 Å². The van der Waals surface area contributed by atoms with Gasteiger partial charge in [0.1, 0.15) is 5.56 Å². The first-order valence-corrected chi connectivity index (χ1v) is 7.23. The predicted octanol–water partition coefficient (Wildman–Crippen LogP) is 1.26. The molecule has 1 atom stereocenters. The largest absolute Gasteiger partial charge is 0.449 e. The highest BCUT2D eigenvalue weighted by Crippen LogP contribution is 2.19. The number of nitrogens with one attached hydrogen (secondary N) is 1. The van der Waals surface area contributed by atoms with Crippen LogP contribution in [-0.2, 0) is 23.6 Å². The summed E-state index contributed by atoms with van der Waals surface area (Å²) in [6, 6.07) is 0. The van der Waals surface area contributed by atoms with Crippen LogP contribution in [0, 0.1) is 20.8 Å². The molecule has 0 fully saturated rings. The molecule has 0 spiro atoms. The molecule has 0 aliphatic rings. The normalized spacial score (nSPS) is 12.1. The number of rotatable bonds is 4. The Balaban J connectivity index is 2.05. The van der Waals surface area contributed by atoms with Crippen molar-refractivity contribution in [3.05, 3.63) is 28.8 Å². The summed E-state index contributed by atoms with van der Waals surface area (Å²) in [5.74, 6) is -0.975. The lowest BCUT2D eigenvalue weighted by atomic mass is 10.2. The van der Waals surface area contributed by atoms with Crippen molar-refractivity contribution in [2.75, 3.05) is 5.32 Å². The molecule has 124 valence electrons. The number of aromatic nitrogens is 4. The molecule has 2 rings (SSSR count). The van der Waals surface area contributed by atoms with Crippen molar-refractivity contribution < 1.29 is 14.3 Å². The molecule has 8 heteroatoms. The van der Waals surface area contributed by atoms with Crippen LogP contribution in [0.25, 0.3) is 0 Å². The maximum Gasteiger partial charge on any atom is 0.342 e. The van der Waals surface area contributed by atoms with Crippen molar-refractivity contribution in [2.45, 2.75) is 33.8 Å². The number of esters is 1. The van der Waals surface area contributed by atoms with E-state index in [9.17, 15) is 9.59 Å². The van der Waals surface area contributed by atoms with E-state index in [1.54, 1.807) is 37.3 Å². The number of carbonyl (C=O) groups is 2. The molecule has 0 saturated carbocycles. The summed E-state index contributed by atoms with van der Waals surface area (Å²) in [5, 5.41) is 11.0. The standard InChI is InChI=1S/C15H21N5O3/c1-8-13(10(3)20(6)18-8)17-14(21)11(4)23-15(22)12-7-16-19(5)9(12)2/h7,11H,1-6H3,(H,17,21). The van der Waals surface area contributed by atoms with E-state index >= 15 is 0 Å². The second-order valence-electron chi connectivity index (χ2n) is 5.47. The van der Waals surface area contributed by atoms with Gasteiger partial charge in [-0.15, -0.1) is 0 Å². The van der Waals surface area contributed by atoms with Gasteiger partial charge in [-0.1, -0.05) is 0 Å². The van der Waals surface area contributed by atoms with Gasteiger partial charge in [0, 0.05) is 19.8 Å². The summed E-state index contributed by atoms with van der Waals surface area (Å²) >= 11 is 0. The summed E-state index contributed by atoms with van der Waals surface area (Å²) in [6.45, 7) is 6.94. The Morgan fingerprint density at radius 1 is 1.17 bits per heavy atom. The second-order valence-corrected chi connectivity index (χ2v) is 5.47. The third kappa shape index (κ3) is 3.25. The molecule has 2 aromatic rings. The van der Waals surface area contributed by atoms with Crippen LogP contribution in [0.3, 0.4) is 0 Å².